The third kappa shape index (κ3) is 4.20. The monoisotopic (exact) mass is 381 g/mol. The molecule has 1 heterocycles. The molecule has 5 nitrogen and oxygen atoms in total. The van der Waals surface area contributed by atoms with Crippen molar-refractivity contribution >= 4 is 10.8 Å². The molecule has 1 N–H and O–H groups in total. The van der Waals surface area contributed by atoms with Gasteiger partial charge in [0.05, 0.1) is 32.6 Å². The standard InChI is InChI=1S/C23H27NO4/c1-5-15(2)28-18-8-6-7-16(9-18)10-21-20-12-23(27-4)22(26-3)11-19(20)17(14-25)13-24-21/h6-9,11-13,15,25H,5,10,14H2,1-4H3. The highest BCUT2D eigenvalue weighted by molar-refractivity contribution is 5.90. The van der Waals surface area contributed by atoms with Gasteiger partial charge < -0.3 is 19.3 Å². The van der Waals surface area contributed by atoms with Gasteiger partial charge in [-0.15, -0.1) is 0 Å². The number of aromatic nitrogens is 1. The summed E-state index contributed by atoms with van der Waals surface area (Å²) in [5, 5.41) is 11.6. The molecule has 5 heteroatoms. The molecule has 28 heavy (non-hydrogen) atoms. The number of nitrogens with zero attached hydrogens (tertiary/aromatic N) is 1. The van der Waals surface area contributed by atoms with Crippen LogP contribution >= 0.6 is 0 Å². The average molecular weight is 381 g/mol. The number of aliphatic hydroxyl groups excluding tert-OH is 1. The lowest BCUT2D eigenvalue weighted by molar-refractivity contribution is 0.217. The zero-order valence-electron chi connectivity index (χ0n) is 16.9. The fourth-order valence-electron chi connectivity index (χ4n) is 3.18. The Morgan fingerprint density at radius 3 is 2.39 bits per heavy atom. The zero-order chi connectivity index (χ0) is 20.1. The van der Waals surface area contributed by atoms with Gasteiger partial charge in [-0.2, -0.15) is 0 Å². The normalized spacial score (nSPS) is 12.0. The molecule has 0 bridgehead atoms. The molecule has 0 amide bonds. The van der Waals surface area contributed by atoms with Gasteiger partial charge in [0.1, 0.15) is 5.75 Å². The molecule has 0 fully saturated rings. The highest BCUT2D eigenvalue weighted by Crippen LogP contribution is 2.35. The molecule has 1 atom stereocenters. The molecule has 1 aromatic heterocycles. The van der Waals surface area contributed by atoms with E-state index >= 15 is 0 Å². The Labute approximate surface area is 165 Å². The van der Waals surface area contributed by atoms with Crippen molar-refractivity contribution in [2.75, 3.05) is 14.2 Å². The van der Waals surface area contributed by atoms with Crippen LogP contribution < -0.4 is 14.2 Å². The van der Waals surface area contributed by atoms with Gasteiger partial charge in [0.25, 0.3) is 0 Å². The Morgan fingerprint density at radius 2 is 1.75 bits per heavy atom. The summed E-state index contributed by atoms with van der Waals surface area (Å²) in [7, 11) is 3.22. The van der Waals surface area contributed by atoms with Crippen molar-refractivity contribution in [3.8, 4) is 17.2 Å². The lowest BCUT2D eigenvalue weighted by Gasteiger charge is -2.15. The molecule has 0 spiro atoms. The summed E-state index contributed by atoms with van der Waals surface area (Å²) in [6.07, 6.45) is 3.51. The maximum Gasteiger partial charge on any atom is 0.161 e. The van der Waals surface area contributed by atoms with Gasteiger partial charge in [-0.05, 0) is 48.6 Å². The SMILES string of the molecule is CCC(C)Oc1cccc(Cc2ncc(CO)c3cc(OC)c(OC)cc23)c1. The molecule has 2 aromatic carbocycles. The topological polar surface area (TPSA) is 60.8 Å². The molecule has 0 saturated heterocycles. The summed E-state index contributed by atoms with van der Waals surface area (Å²) < 4.78 is 16.8. The number of hydrogen-bond donors (Lipinski definition) is 1. The molecule has 0 radical (unpaired) electrons. The quantitative estimate of drug-likeness (QED) is 0.622. The van der Waals surface area contributed by atoms with Gasteiger partial charge in [-0.1, -0.05) is 19.1 Å². The number of hydrogen-bond acceptors (Lipinski definition) is 5. The van der Waals surface area contributed by atoms with Crippen LogP contribution in [0.15, 0.2) is 42.6 Å². The first kappa shape index (κ1) is 20.0. The summed E-state index contributed by atoms with van der Waals surface area (Å²) in [4.78, 5) is 4.61. The second kappa shape index (κ2) is 8.93. The van der Waals surface area contributed by atoms with Crippen LogP contribution in [0.1, 0.15) is 37.1 Å². The Morgan fingerprint density at radius 1 is 1.04 bits per heavy atom. The van der Waals surface area contributed by atoms with Crippen LogP contribution in [-0.2, 0) is 13.0 Å². The predicted octanol–water partition coefficient (Wildman–Crippen LogP) is 4.51. The van der Waals surface area contributed by atoms with E-state index in [1.54, 1.807) is 20.4 Å². The Hall–Kier alpha value is -2.79. The largest absolute Gasteiger partial charge is 0.493 e. The van der Waals surface area contributed by atoms with Crippen molar-refractivity contribution in [3.63, 3.8) is 0 Å². The number of aliphatic hydroxyl groups is 1. The third-order valence-electron chi connectivity index (χ3n) is 4.91. The van der Waals surface area contributed by atoms with E-state index in [-0.39, 0.29) is 12.7 Å². The lowest BCUT2D eigenvalue weighted by Crippen LogP contribution is -2.09. The van der Waals surface area contributed by atoms with E-state index in [4.69, 9.17) is 14.2 Å². The van der Waals surface area contributed by atoms with E-state index < -0.39 is 0 Å². The van der Waals surface area contributed by atoms with Gasteiger partial charge in [0.15, 0.2) is 11.5 Å². The average Bonchev–Trinajstić information content (AvgIpc) is 2.73. The molecule has 0 aliphatic heterocycles. The van der Waals surface area contributed by atoms with Crippen molar-refractivity contribution in [2.45, 2.75) is 39.4 Å². The lowest BCUT2D eigenvalue weighted by atomic mass is 10.00. The molecule has 0 aliphatic carbocycles. The second-order valence-corrected chi connectivity index (χ2v) is 6.80. The second-order valence-electron chi connectivity index (χ2n) is 6.80. The van der Waals surface area contributed by atoms with Crippen LogP contribution in [-0.4, -0.2) is 30.4 Å². The van der Waals surface area contributed by atoms with Gasteiger partial charge >= 0.3 is 0 Å². The van der Waals surface area contributed by atoms with Gasteiger partial charge in [0, 0.05) is 23.6 Å². The van der Waals surface area contributed by atoms with E-state index in [1.807, 2.05) is 24.3 Å². The predicted molar refractivity (Wildman–Crippen MR) is 110 cm³/mol. The van der Waals surface area contributed by atoms with Gasteiger partial charge in [-0.25, -0.2) is 0 Å². The molecule has 0 aliphatic rings. The highest BCUT2D eigenvalue weighted by atomic mass is 16.5. The fraction of sp³-hybridized carbons (Fsp3) is 0.348. The first-order valence-corrected chi connectivity index (χ1v) is 9.48. The van der Waals surface area contributed by atoms with Crippen LogP contribution in [0.2, 0.25) is 0 Å². The molecular weight excluding hydrogens is 354 g/mol. The summed E-state index contributed by atoms with van der Waals surface area (Å²) in [5.41, 5.74) is 2.78. The van der Waals surface area contributed by atoms with E-state index in [1.165, 1.54) is 0 Å². The Balaban J connectivity index is 2.03. The van der Waals surface area contributed by atoms with Crippen molar-refractivity contribution < 1.29 is 19.3 Å². The summed E-state index contributed by atoms with van der Waals surface area (Å²) in [5.74, 6) is 2.13. The summed E-state index contributed by atoms with van der Waals surface area (Å²) >= 11 is 0. The van der Waals surface area contributed by atoms with Crippen LogP contribution in [0, 0.1) is 0 Å². The van der Waals surface area contributed by atoms with Gasteiger partial charge in [0.2, 0.25) is 0 Å². The fourth-order valence-corrected chi connectivity index (χ4v) is 3.18. The van der Waals surface area contributed by atoms with Crippen LogP contribution in [0.4, 0.5) is 0 Å². The number of fused-ring (bicyclic) bond motifs is 1. The van der Waals surface area contributed by atoms with E-state index in [9.17, 15) is 5.11 Å². The van der Waals surface area contributed by atoms with Crippen molar-refractivity contribution in [3.05, 3.63) is 59.4 Å². The van der Waals surface area contributed by atoms with E-state index in [0.717, 1.165) is 39.8 Å². The number of ether oxygens (including phenoxy) is 3. The zero-order valence-corrected chi connectivity index (χ0v) is 16.9. The van der Waals surface area contributed by atoms with Crippen molar-refractivity contribution in [1.29, 1.82) is 0 Å². The molecule has 148 valence electrons. The Kier molecular flexibility index (Phi) is 6.37. The minimum Gasteiger partial charge on any atom is -0.493 e. The minimum atomic E-state index is -0.0858. The first-order chi connectivity index (χ1) is 13.6. The third-order valence-corrected chi connectivity index (χ3v) is 4.91. The molecule has 3 aromatic rings. The number of pyridine rings is 1. The van der Waals surface area contributed by atoms with Crippen molar-refractivity contribution in [1.82, 2.24) is 4.98 Å². The van der Waals surface area contributed by atoms with Crippen molar-refractivity contribution in [2.24, 2.45) is 0 Å². The minimum absolute atomic E-state index is 0.0858. The summed E-state index contributed by atoms with van der Waals surface area (Å²) in [6, 6.07) is 11.9. The Bertz CT molecular complexity index is 955. The highest BCUT2D eigenvalue weighted by Gasteiger charge is 2.14. The molecule has 3 rings (SSSR count). The number of benzene rings is 2. The van der Waals surface area contributed by atoms with E-state index in [0.29, 0.717) is 17.9 Å². The maximum atomic E-state index is 9.72. The summed E-state index contributed by atoms with van der Waals surface area (Å²) in [6.45, 7) is 4.08. The molecule has 1 unspecified atom stereocenters. The smallest absolute Gasteiger partial charge is 0.161 e. The first-order valence-electron chi connectivity index (χ1n) is 9.48. The van der Waals surface area contributed by atoms with Crippen LogP contribution in [0.5, 0.6) is 17.2 Å². The number of methoxy groups -OCH3 is 2. The maximum absolute atomic E-state index is 9.72. The number of rotatable bonds is 8. The molecular formula is C23H27NO4. The van der Waals surface area contributed by atoms with E-state index in [2.05, 4.69) is 31.0 Å². The van der Waals surface area contributed by atoms with Crippen LogP contribution in [0.3, 0.4) is 0 Å². The van der Waals surface area contributed by atoms with Gasteiger partial charge in [-0.3, -0.25) is 4.98 Å². The van der Waals surface area contributed by atoms with Crippen LogP contribution in [0.25, 0.3) is 10.8 Å². The molecule has 0 saturated carbocycles.